The van der Waals surface area contributed by atoms with Gasteiger partial charge in [0.2, 0.25) is 5.91 Å². The molecule has 6 nitrogen and oxygen atoms in total. The predicted octanol–water partition coefficient (Wildman–Crippen LogP) is 11.6. The molecule has 0 radical (unpaired) electrons. The Morgan fingerprint density at radius 3 is 1.63 bits per heavy atom. The smallest absolute Gasteiger partial charge is 0.250 e. The third-order valence-electron chi connectivity index (χ3n) is 11.6. The highest BCUT2D eigenvalue weighted by molar-refractivity contribution is 5.93. The van der Waals surface area contributed by atoms with Gasteiger partial charge in [-0.3, -0.25) is 9.59 Å². The number of hydrogen-bond donors (Lipinski definition) is 1. The summed E-state index contributed by atoms with van der Waals surface area (Å²) in [4.78, 5) is 33.1. The average Bonchev–Trinajstić information content (AvgIpc) is 3.64. The molecule has 0 aromatic rings. The van der Waals surface area contributed by atoms with Gasteiger partial charge >= 0.3 is 0 Å². The zero-order valence-electron chi connectivity index (χ0n) is 34.3. The lowest BCUT2D eigenvalue weighted by atomic mass is 9.87. The summed E-state index contributed by atoms with van der Waals surface area (Å²) >= 11 is 0. The molecule has 2 aliphatic heterocycles. The number of hydrogen-bond acceptors (Lipinski definition) is 4. The second-order valence-electron chi connectivity index (χ2n) is 16.2. The van der Waals surface area contributed by atoms with Gasteiger partial charge in [0.25, 0.3) is 5.91 Å². The molecule has 2 rings (SSSR count). The summed E-state index contributed by atoms with van der Waals surface area (Å²) in [5, 5.41) is 3.28. The molecule has 2 fully saturated rings. The normalized spacial score (nSPS) is 16.5. The minimum atomic E-state index is -0.840. The van der Waals surface area contributed by atoms with Crippen LogP contribution in [0.5, 0.6) is 0 Å². The van der Waals surface area contributed by atoms with Crippen LogP contribution in [0.4, 0.5) is 0 Å². The van der Waals surface area contributed by atoms with Crippen LogP contribution in [0.25, 0.3) is 0 Å². The zero-order valence-corrected chi connectivity index (χ0v) is 34.3. The summed E-state index contributed by atoms with van der Waals surface area (Å²) in [6, 6.07) is 0. The molecule has 1 atom stereocenters. The highest BCUT2D eigenvalue weighted by Crippen LogP contribution is 2.31. The number of likely N-dealkylation sites (tertiary alicyclic amines) is 1. The van der Waals surface area contributed by atoms with Gasteiger partial charge < -0.3 is 19.9 Å². The first-order valence-electron chi connectivity index (χ1n) is 22.6. The van der Waals surface area contributed by atoms with Gasteiger partial charge in [-0.2, -0.15) is 0 Å². The Morgan fingerprint density at radius 2 is 1.12 bits per heavy atom. The second kappa shape index (κ2) is 31.0. The summed E-state index contributed by atoms with van der Waals surface area (Å²) in [5.41, 5.74) is -0.840. The largest absolute Gasteiger partial charge is 0.375 e. The van der Waals surface area contributed by atoms with Gasteiger partial charge in [-0.1, -0.05) is 155 Å². The highest BCUT2D eigenvalue weighted by Gasteiger charge is 2.53. The first kappa shape index (κ1) is 45.8. The number of rotatable bonds is 35. The Bertz CT molecular complexity index is 867. The molecule has 0 aromatic heterocycles. The van der Waals surface area contributed by atoms with Gasteiger partial charge in [0.05, 0.1) is 13.2 Å². The van der Waals surface area contributed by atoms with Crippen LogP contribution in [0.15, 0.2) is 12.2 Å². The minimum Gasteiger partial charge on any atom is -0.375 e. The monoisotopic (exact) mass is 716 g/mol. The van der Waals surface area contributed by atoms with Crippen LogP contribution in [0, 0.1) is 5.92 Å². The van der Waals surface area contributed by atoms with Crippen molar-refractivity contribution in [3.63, 3.8) is 0 Å². The van der Waals surface area contributed by atoms with Gasteiger partial charge in [-0.25, -0.2) is 0 Å². The number of nitrogens with one attached hydrogen (secondary N) is 1. The number of ether oxygens (including phenoxy) is 1. The molecule has 2 saturated heterocycles. The molecule has 0 aliphatic carbocycles. The maximum atomic E-state index is 14.6. The fourth-order valence-electron chi connectivity index (χ4n) is 8.04. The van der Waals surface area contributed by atoms with Gasteiger partial charge in [0.15, 0.2) is 5.54 Å². The van der Waals surface area contributed by atoms with E-state index in [0.717, 1.165) is 64.6 Å². The molecule has 2 aliphatic rings. The lowest BCUT2D eigenvalue weighted by Crippen LogP contribution is -2.72. The Hall–Kier alpha value is -1.40. The summed E-state index contributed by atoms with van der Waals surface area (Å²) in [7, 11) is 0. The summed E-state index contributed by atoms with van der Waals surface area (Å²) in [6.45, 7) is 12.1. The van der Waals surface area contributed by atoms with E-state index in [-0.39, 0.29) is 17.7 Å². The number of carbonyl (C=O) groups is 2. The first-order chi connectivity index (χ1) is 25.1. The Kier molecular flexibility index (Phi) is 27.8. The zero-order chi connectivity index (χ0) is 36.7. The number of carbonyl (C=O) groups excluding carboxylic acids is 2. The van der Waals surface area contributed by atoms with Crippen molar-refractivity contribution in [3.05, 3.63) is 12.2 Å². The average molecular weight is 716 g/mol. The molecule has 1 N–H and O–H groups in total. The quantitative estimate of drug-likeness (QED) is 0.0524. The Labute approximate surface area is 317 Å². The third-order valence-corrected chi connectivity index (χ3v) is 11.6. The van der Waals surface area contributed by atoms with Gasteiger partial charge in [0, 0.05) is 19.0 Å². The van der Waals surface area contributed by atoms with E-state index < -0.39 is 5.54 Å². The number of allylic oxidation sites excluding steroid dienone is 2. The molecule has 51 heavy (non-hydrogen) atoms. The van der Waals surface area contributed by atoms with Gasteiger partial charge in [-0.05, 0) is 83.8 Å². The lowest BCUT2D eigenvalue weighted by molar-refractivity contribution is -0.182. The third kappa shape index (κ3) is 20.0. The second-order valence-corrected chi connectivity index (χ2v) is 16.2. The lowest BCUT2D eigenvalue weighted by Gasteiger charge is -2.49. The molecule has 0 aromatic carbocycles. The van der Waals surface area contributed by atoms with Gasteiger partial charge in [-0.15, -0.1) is 0 Å². The van der Waals surface area contributed by atoms with E-state index >= 15 is 0 Å². The molecule has 2 amide bonds. The maximum absolute atomic E-state index is 14.6. The van der Waals surface area contributed by atoms with Crippen LogP contribution in [0.1, 0.15) is 207 Å². The van der Waals surface area contributed by atoms with E-state index in [4.69, 9.17) is 4.74 Å². The number of amides is 2. The van der Waals surface area contributed by atoms with Crippen molar-refractivity contribution >= 4 is 11.8 Å². The van der Waals surface area contributed by atoms with Crippen LogP contribution in [0.2, 0.25) is 0 Å². The van der Waals surface area contributed by atoms with Crippen molar-refractivity contribution in [1.82, 2.24) is 15.1 Å². The molecule has 6 heteroatoms. The van der Waals surface area contributed by atoms with Crippen LogP contribution in [-0.4, -0.2) is 73.1 Å². The van der Waals surface area contributed by atoms with Crippen LogP contribution < -0.4 is 5.32 Å². The fourth-order valence-corrected chi connectivity index (χ4v) is 8.04. The molecule has 1 unspecified atom stereocenters. The molecular formula is C45H85N3O3. The fraction of sp³-hybridized carbons (Fsp3) is 0.911. The van der Waals surface area contributed by atoms with Crippen molar-refractivity contribution in [2.45, 2.75) is 213 Å². The van der Waals surface area contributed by atoms with E-state index in [2.05, 4.69) is 43.1 Å². The van der Waals surface area contributed by atoms with Crippen molar-refractivity contribution in [2.24, 2.45) is 5.92 Å². The van der Waals surface area contributed by atoms with E-state index in [9.17, 15) is 9.59 Å². The highest BCUT2D eigenvalue weighted by atomic mass is 16.5. The molecule has 0 spiro atoms. The summed E-state index contributed by atoms with van der Waals surface area (Å²) in [5.74, 6) is 0.249. The van der Waals surface area contributed by atoms with E-state index in [0.29, 0.717) is 26.3 Å². The van der Waals surface area contributed by atoms with Gasteiger partial charge in [0.1, 0.15) is 0 Å². The van der Waals surface area contributed by atoms with Crippen LogP contribution in [0.3, 0.4) is 0 Å². The van der Waals surface area contributed by atoms with E-state index in [1.54, 1.807) is 0 Å². The summed E-state index contributed by atoms with van der Waals surface area (Å²) < 4.78 is 5.77. The first-order valence-corrected chi connectivity index (χ1v) is 22.6. The maximum Gasteiger partial charge on any atom is 0.250 e. The van der Waals surface area contributed by atoms with E-state index in [1.807, 2.05) is 4.90 Å². The van der Waals surface area contributed by atoms with Crippen molar-refractivity contribution in [2.75, 3.05) is 45.9 Å². The molecular weight excluding hydrogens is 631 g/mol. The Balaban J connectivity index is 1.83. The summed E-state index contributed by atoms with van der Waals surface area (Å²) in [6.07, 6.45) is 40.3. The molecule has 298 valence electrons. The predicted molar refractivity (Wildman–Crippen MR) is 218 cm³/mol. The van der Waals surface area contributed by atoms with Crippen molar-refractivity contribution in [3.8, 4) is 0 Å². The van der Waals surface area contributed by atoms with Crippen molar-refractivity contribution in [1.29, 1.82) is 0 Å². The number of unbranched alkanes of at least 4 members (excludes halogenated alkanes) is 20. The SMILES string of the molecule is CCCCCCCC/C=C\CCCCCCCCNC(=O)C1(N(CCCN2CCCC2)C(=O)C(CCCCCC)CCCCCCCC)COC1. The standard InChI is InChI=1S/C45H85N3O3/c1-4-7-10-13-15-16-17-18-19-20-21-22-23-24-26-29-35-46-44(50)45(40-51-41-45)48(39-32-38-47-36-30-31-37-47)43(49)42(33-27-12-9-6-3)34-28-25-14-11-8-5-2/h18-19,42H,4-17,20-41H2,1-3H3,(H,46,50)/b19-18-. The minimum absolute atomic E-state index is 0.0142. The molecule has 2 heterocycles. The topological polar surface area (TPSA) is 61.9 Å². The number of nitrogens with zero attached hydrogens (tertiary/aromatic N) is 2. The van der Waals surface area contributed by atoms with Crippen molar-refractivity contribution < 1.29 is 14.3 Å². The van der Waals surface area contributed by atoms with Crippen LogP contribution >= 0.6 is 0 Å². The molecule has 0 bridgehead atoms. The molecule has 0 saturated carbocycles. The van der Waals surface area contributed by atoms with E-state index in [1.165, 1.54) is 141 Å². The van der Waals surface area contributed by atoms with Crippen LogP contribution in [-0.2, 0) is 14.3 Å². The Morgan fingerprint density at radius 1 is 0.647 bits per heavy atom.